The van der Waals surface area contributed by atoms with Crippen molar-refractivity contribution in [3.63, 3.8) is 0 Å². The van der Waals surface area contributed by atoms with Gasteiger partial charge in [0.25, 0.3) is 0 Å². The molecule has 1 atom stereocenters. The van der Waals surface area contributed by atoms with Crippen LogP contribution in [0.3, 0.4) is 0 Å². The van der Waals surface area contributed by atoms with Crippen molar-refractivity contribution in [2.45, 2.75) is 11.7 Å². The van der Waals surface area contributed by atoms with E-state index in [1.54, 1.807) is 0 Å². The van der Waals surface area contributed by atoms with E-state index in [9.17, 15) is 9.90 Å². The molecule has 64 valence electrons. The summed E-state index contributed by atoms with van der Waals surface area (Å²) in [5, 5.41) is 9.26. The minimum Gasteiger partial charge on any atom is -0.549 e. The van der Waals surface area contributed by atoms with Gasteiger partial charge in [-0.25, -0.2) is 0 Å². The number of ether oxygens (including phenoxy) is 1. The molecule has 10 heavy (non-hydrogen) atoms. The topological polar surface area (TPSA) is 49.4 Å². The molecule has 0 aromatic heterocycles. The summed E-state index contributed by atoms with van der Waals surface area (Å²) < 4.78 is 4.62. The zero-order chi connectivity index (χ0) is 7.28. The number of carbonyl (C=O) groups excluding carboxylic acids is 1. The number of hydrogen-bond donors (Lipinski definition) is 1. The smallest absolute Gasteiger partial charge is 0.549 e. The number of carboxylic acids is 1. The van der Waals surface area contributed by atoms with Crippen molar-refractivity contribution in [3.05, 3.63) is 0 Å². The van der Waals surface area contributed by atoms with Crippen molar-refractivity contribution in [1.29, 1.82) is 0 Å². The number of rotatable bonds is 4. The van der Waals surface area contributed by atoms with Crippen LogP contribution in [0.15, 0.2) is 0 Å². The number of thiol groups is 1. The second-order valence-corrected chi connectivity index (χ2v) is 2.24. The average molecular weight is 346 g/mol. The normalized spacial score (nSPS) is 11.8. The fourth-order valence-corrected chi connectivity index (χ4v) is 0.453. The molecule has 0 aliphatic heterocycles. The van der Waals surface area contributed by atoms with Gasteiger partial charge in [0.05, 0.1) is 5.97 Å². The fourth-order valence-electron chi connectivity index (χ4n) is 0.347. The Labute approximate surface area is 81.1 Å². The first-order chi connectivity index (χ1) is 4.18. The van der Waals surface area contributed by atoms with Gasteiger partial charge < -0.3 is 14.6 Å². The van der Waals surface area contributed by atoms with Crippen LogP contribution in [0, 0.1) is 0 Å². The molecular formula is C5H9AuO3S. The summed E-state index contributed by atoms with van der Waals surface area (Å²) in [7, 11) is 1.51. The summed E-state index contributed by atoms with van der Waals surface area (Å²) in [5.41, 5.74) is 0. The molecule has 0 spiro atoms. The summed E-state index contributed by atoms with van der Waals surface area (Å²) in [6.07, 6.45) is 0.391. The molecule has 3 nitrogen and oxygen atoms in total. The molecule has 0 radical (unpaired) electrons. The summed E-state index contributed by atoms with van der Waals surface area (Å²) in [6, 6.07) is 0. The van der Waals surface area contributed by atoms with E-state index in [1.165, 1.54) is 7.11 Å². The van der Waals surface area contributed by atoms with Crippen LogP contribution < -0.4 is 5.11 Å². The molecular weight excluding hydrogens is 337 g/mol. The summed E-state index contributed by atoms with van der Waals surface area (Å²) >= 11 is 3.72. The molecule has 0 aliphatic rings. The van der Waals surface area contributed by atoms with E-state index in [0.29, 0.717) is 13.0 Å². The molecule has 5 heteroatoms. The molecule has 0 saturated carbocycles. The average Bonchev–Trinajstić information content (AvgIpc) is 1.82. The van der Waals surface area contributed by atoms with Crippen molar-refractivity contribution >= 4 is 18.6 Å². The van der Waals surface area contributed by atoms with Gasteiger partial charge in [-0.2, -0.15) is 12.6 Å². The second kappa shape index (κ2) is 7.63. The Hall–Kier alpha value is 0.520. The Morgan fingerprint density at radius 1 is 1.80 bits per heavy atom. The van der Waals surface area contributed by atoms with Crippen molar-refractivity contribution in [1.82, 2.24) is 0 Å². The first kappa shape index (κ1) is 13.1. The van der Waals surface area contributed by atoms with Gasteiger partial charge in [0.15, 0.2) is 0 Å². The van der Waals surface area contributed by atoms with Crippen LogP contribution in [0.2, 0.25) is 0 Å². The van der Waals surface area contributed by atoms with Crippen LogP contribution >= 0.6 is 12.6 Å². The Bertz CT molecular complexity index is 98.9. The van der Waals surface area contributed by atoms with E-state index >= 15 is 0 Å². The third-order valence-electron chi connectivity index (χ3n) is 0.867. The standard InChI is InChI=1S/C5H10O3S.Au/c1-8-3-2-4(9)5(6)7;/h4,9H,2-3H2,1H3,(H,6,7);/q;+1/p-1. The SMILES string of the molecule is COCCC(S)C(=O)[O-].[Au+]. The van der Waals surface area contributed by atoms with Crippen LogP contribution in [0.1, 0.15) is 6.42 Å². The molecule has 0 bridgehead atoms. The van der Waals surface area contributed by atoms with Crippen molar-refractivity contribution in [2.75, 3.05) is 13.7 Å². The maximum atomic E-state index is 9.96. The Morgan fingerprint density at radius 3 is 2.60 bits per heavy atom. The van der Waals surface area contributed by atoms with Gasteiger partial charge in [-0.15, -0.1) is 0 Å². The minimum absolute atomic E-state index is 0. The van der Waals surface area contributed by atoms with E-state index in [4.69, 9.17) is 0 Å². The maximum absolute atomic E-state index is 9.96. The number of carbonyl (C=O) groups is 1. The predicted octanol–water partition coefficient (Wildman–Crippen LogP) is -0.931. The largest absolute Gasteiger partial charge is 1.00 e. The molecule has 0 heterocycles. The van der Waals surface area contributed by atoms with Gasteiger partial charge >= 0.3 is 22.4 Å². The van der Waals surface area contributed by atoms with E-state index in [0.717, 1.165) is 0 Å². The van der Waals surface area contributed by atoms with Crippen molar-refractivity contribution in [2.24, 2.45) is 0 Å². The van der Waals surface area contributed by atoms with Gasteiger partial charge in [0.2, 0.25) is 0 Å². The second-order valence-electron chi connectivity index (χ2n) is 1.62. The zero-order valence-electron chi connectivity index (χ0n) is 5.47. The van der Waals surface area contributed by atoms with E-state index in [-0.39, 0.29) is 22.4 Å². The Balaban J connectivity index is 0. The van der Waals surface area contributed by atoms with Crippen molar-refractivity contribution in [3.8, 4) is 0 Å². The van der Waals surface area contributed by atoms with Gasteiger partial charge in [-0.05, 0) is 6.42 Å². The van der Waals surface area contributed by atoms with Crippen LogP contribution in [0.25, 0.3) is 0 Å². The molecule has 0 aliphatic carbocycles. The minimum atomic E-state index is -1.14. The summed E-state index contributed by atoms with van der Waals surface area (Å²) in [5.74, 6) is -1.14. The first-order valence-corrected chi connectivity index (χ1v) is 3.08. The predicted molar refractivity (Wildman–Crippen MR) is 34.3 cm³/mol. The molecule has 0 amide bonds. The van der Waals surface area contributed by atoms with Crippen LogP contribution in [-0.4, -0.2) is 24.9 Å². The quantitative estimate of drug-likeness (QED) is 0.529. The molecule has 0 aromatic rings. The monoisotopic (exact) mass is 346 g/mol. The fraction of sp³-hybridized carbons (Fsp3) is 0.800. The third kappa shape index (κ3) is 6.64. The van der Waals surface area contributed by atoms with E-state index in [1.807, 2.05) is 0 Å². The van der Waals surface area contributed by atoms with Crippen molar-refractivity contribution < 1.29 is 37.0 Å². The maximum Gasteiger partial charge on any atom is 1.00 e. The number of hydrogen-bond acceptors (Lipinski definition) is 4. The molecule has 1 unspecified atom stereocenters. The Kier molecular flexibility index (Phi) is 10.0. The zero-order valence-corrected chi connectivity index (χ0v) is 8.53. The molecule has 0 N–H and O–H groups in total. The molecule has 0 saturated heterocycles. The van der Waals surface area contributed by atoms with Gasteiger partial charge in [0.1, 0.15) is 0 Å². The first-order valence-electron chi connectivity index (χ1n) is 2.56. The number of aliphatic carboxylic acids is 1. The summed E-state index contributed by atoms with van der Waals surface area (Å²) in [4.78, 5) is 9.96. The third-order valence-corrected chi connectivity index (χ3v) is 1.34. The molecule has 0 rings (SSSR count). The number of carboxylic acid groups (broad SMARTS) is 1. The molecule has 0 fully saturated rings. The Morgan fingerprint density at radius 2 is 2.30 bits per heavy atom. The van der Waals surface area contributed by atoms with E-state index < -0.39 is 11.2 Å². The van der Waals surface area contributed by atoms with Gasteiger partial charge in [-0.1, -0.05) is 0 Å². The van der Waals surface area contributed by atoms with Crippen LogP contribution in [0.4, 0.5) is 0 Å². The number of methoxy groups -OCH3 is 1. The molecule has 0 aromatic carbocycles. The van der Waals surface area contributed by atoms with Gasteiger partial charge in [-0.3, -0.25) is 0 Å². The van der Waals surface area contributed by atoms with E-state index in [2.05, 4.69) is 17.4 Å². The van der Waals surface area contributed by atoms with Crippen LogP contribution in [-0.2, 0) is 31.9 Å². The summed E-state index contributed by atoms with van der Waals surface area (Å²) in [6.45, 7) is 0.405. The van der Waals surface area contributed by atoms with Gasteiger partial charge in [0, 0.05) is 19.0 Å². The van der Waals surface area contributed by atoms with Crippen LogP contribution in [0.5, 0.6) is 0 Å².